The number of benzene rings is 2. The molecule has 0 spiro atoms. The Balaban J connectivity index is 2.42. The van der Waals surface area contributed by atoms with Crippen molar-refractivity contribution in [1.82, 2.24) is 0 Å². The number of nitrogens with zero attached hydrogens (tertiary/aromatic N) is 1. The van der Waals surface area contributed by atoms with Gasteiger partial charge in [-0.3, -0.25) is 0 Å². The number of hydrogen-bond acceptors (Lipinski definition) is 3. The number of nitrogens with two attached hydrogens (primary N) is 1. The lowest BCUT2D eigenvalue weighted by atomic mass is 9.98. The monoisotopic (exact) mass is 292 g/mol. The molecule has 21 heavy (non-hydrogen) atoms. The minimum Gasteiger partial charge on any atom is -0.404 e. The average molecular weight is 292 g/mol. The van der Waals surface area contributed by atoms with E-state index in [-0.39, 0.29) is 5.69 Å². The molecule has 0 unspecified atom stereocenters. The first kappa shape index (κ1) is 14.7. The van der Waals surface area contributed by atoms with E-state index in [1.807, 2.05) is 6.07 Å². The Labute approximate surface area is 119 Å². The highest BCUT2D eigenvalue weighted by atomic mass is 19.4. The van der Waals surface area contributed by atoms with E-state index in [9.17, 15) is 13.2 Å². The van der Waals surface area contributed by atoms with Crippen LogP contribution in [0.5, 0.6) is 5.75 Å². The van der Waals surface area contributed by atoms with Gasteiger partial charge in [-0.15, -0.1) is 13.2 Å². The van der Waals surface area contributed by atoms with Crippen molar-refractivity contribution in [2.45, 2.75) is 13.3 Å². The maximum Gasteiger partial charge on any atom is 0.573 e. The number of nitrogen functional groups attached to an aromatic ring is 1. The molecule has 0 radical (unpaired) electrons. The van der Waals surface area contributed by atoms with Crippen LogP contribution in [-0.2, 0) is 0 Å². The molecule has 0 aliphatic carbocycles. The van der Waals surface area contributed by atoms with Crippen molar-refractivity contribution in [2.75, 3.05) is 5.73 Å². The van der Waals surface area contributed by atoms with E-state index in [0.29, 0.717) is 16.7 Å². The minimum absolute atomic E-state index is 0.0609. The van der Waals surface area contributed by atoms with Crippen molar-refractivity contribution in [2.24, 2.45) is 0 Å². The molecule has 0 heterocycles. The number of nitriles is 1. The predicted octanol–water partition coefficient (Wildman–Crippen LogP) is 4.01. The molecule has 108 valence electrons. The van der Waals surface area contributed by atoms with E-state index >= 15 is 0 Å². The molecule has 2 aromatic carbocycles. The summed E-state index contributed by atoms with van der Waals surface area (Å²) in [7, 11) is 0. The van der Waals surface area contributed by atoms with Crippen LogP contribution in [0.15, 0.2) is 36.4 Å². The topological polar surface area (TPSA) is 59.0 Å². The van der Waals surface area contributed by atoms with E-state index < -0.39 is 12.1 Å². The van der Waals surface area contributed by atoms with E-state index in [0.717, 1.165) is 5.56 Å². The maximum absolute atomic E-state index is 12.3. The van der Waals surface area contributed by atoms with Crippen molar-refractivity contribution in [3.8, 4) is 22.9 Å². The summed E-state index contributed by atoms with van der Waals surface area (Å²) in [5.74, 6) is -0.419. The first-order chi connectivity index (χ1) is 9.81. The molecule has 2 rings (SSSR count). The first-order valence-electron chi connectivity index (χ1n) is 5.97. The minimum atomic E-state index is -4.78. The van der Waals surface area contributed by atoms with Gasteiger partial charge in [0.1, 0.15) is 0 Å². The Kier molecular flexibility index (Phi) is 3.76. The van der Waals surface area contributed by atoms with Gasteiger partial charge in [0.15, 0.2) is 5.75 Å². The molecule has 3 nitrogen and oxygen atoms in total. The van der Waals surface area contributed by atoms with Crippen molar-refractivity contribution in [3.05, 3.63) is 47.5 Å². The largest absolute Gasteiger partial charge is 0.573 e. The molecule has 0 amide bonds. The lowest BCUT2D eigenvalue weighted by Crippen LogP contribution is -2.18. The highest BCUT2D eigenvalue weighted by Gasteiger charge is 2.32. The molecule has 0 saturated heterocycles. The SMILES string of the molecule is Cc1c(-c2ccc(C#N)cc2)ccc(OC(F)(F)F)c1N. The van der Waals surface area contributed by atoms with Gasteiger partial charge in [0.2, 0.25) is 0 Å². The average Bonchev–Trinajstić information content (AvgIpc) is 2.43. The Morgan fingerprint density at radius 2 is 1.71 bits per heavy atom. The molecule has 0 aromatic heterocycles. The van der Waals surface area contributed by atoms with Crippen molar-refractivity contribution < 1.29 is 17.9 Å². The second kappa shape index (κ2) is 5.37. The van der Waals surface area contributed by atoms with Gasteiger partial charge in [-0.1, -0.05) is 18.2 Å². The second-order valence-corrected chi connectivity index (χ2v) is 4.39. The maximum atomic E-state index is 12.3. The van der Waals surface area contributed by atoms with Gasteiger partial charge in [0.05, 0.1) is 17.3 Å². The summed E-state index contributed by atoms with van der Waals surface area (Å²) in [5.41, 5.74) is 8.08. The number of anilines is 1. The summed E-state index contributed by atoms with van der Waals surface area (Å²) in [4.78, 5) is 0. The molecule has 0 aliphatic rings. The predicted molar refractivity (Wildman–Crippen MR) is 72.4 cm³/mol. The molecule has 0 aliphatic heterocycles. The fraction of sp³-hybridized carbons (Fsp3) is 0.133. The highest BCUT2D eigenvalue weighted by Crippen LogP contribution is 2.36. The lowest BCUT2D eigenvalue weighted by Gasteiger charge is -2.15. The Hall–Kier alpha value is -2.68. The van der Waals surface area contributed by atoms with Crippen LogP contribution in [0, 0.1) is 18.3 Å². The third-order valence-electron chi connectivity index (χ3n) is 3.03. The number of alkyl halides is 3. The Morgan fingerprint density at radius 3 is 2.24 bits per heavy atom. The van der Waals surface area contributed by atoms with Gasteiger partial charge in [0, 0.05) is 0 Å². The zero-order chi connectivity index (χ0) is 15.6. The lowest BCUT2D eigenvalue weighted by molar-refractivity contribution is -0.274. The normalized spacial score (nSPS) is 11.0. The Morgan fingerprint density at radius 1 is 1.10 bits per heavy atom. The summed E-state index contributed by atoms with van der Waals surface area (Å²) in [6.07, 6.45) is -4.78. The van der Waals surface area contributed by atoms with Crippen LogP contribution in [-0.4, -0.2) is 6.36 Å². The second-order valence-electron chi connectivity index (χ2n) is 4.39. The van der Waals surface area contributed by atoms with Crippen LogP contribution in [0.25, 0.3) is 11.1 Å². The third kappa shape index (κ3) is 3.26. The summed E-state index contributed by atoms with van der Waals surface area (Å²) in [5, 5.41) is 8.75. The van der Waals surface area contributed by atoms with Gasteiger partial charge in [-0.2, -0.15) is 5.26 Å². The summed E-state index contributed by atoms with van der Waals surface area (Å²) in [6, 6.07) is 11.4. The smallest absolute Gasteiger partial charge is 0.404 e. The number of halogens is 3. The van der Waals surface area contributed by atoms with Crippen LogP contribution >= 0.6 is 0 Å². The van der Waals surface area contributed by atoms with Crippen LogP contribution in [0.4, 0.5) is 18.9 Å². The van der Waals surface area contributed by atoms with E-state index in [2.05, 4.69) is 4.74 Å². The van der Waals surface area contributed by atoms with Gasteiger partial charge in [-0.25, -0.2) is 0 Å². The Bertz CT molecular complexity index is 701. The first-order valence-corrected chi connectivity index (χ1v) is 5.97. The van der Waals surface area contributed by atoms with Crippen molar-refractivity contribution >= 4 is 5.69 Å². The van der Waals surface area contributed by atoms with Crippen LogP contribution in [0.1, 0.15) is 11.1 Å². The number of ether oxygens (including phenoxy) is 1. The number of hydrogen-bond donors (Lipinski definition) is 1. The van der Waals surface area contributed by atoms with Crippen LogP contribution in [0.2, 0.25) is 0 Å². The van der Waals surface area contributed by atoms with Crippen LogP contribution < -0.4 is 10.5 Å². The van der Waals surface area contributed by atoms with Gasteiger partial charge >= 0.3 is 6.36 Å². The zero-order valence-electron chi connectivity index (χ0n) is 11.0. The molecule has 0 atom stereocenters. The van der Waals surface area contributed by atoms with Crippen molar-refractivity contribution in [1.29, 1.82) is 5.26 Å². The fourth-order valence-corrected chi connectivity index (χ4v) is 1.95. The standard InChI is InChI=1S/C15H11F3N2O/c1-9-12(11-4-2-10(8-19)3-5-11)6-7-13(14(9)20)21-15(16,17)18/h2-7H,20H2,1H3. The molecule has 2 N–H and O–H groups in total. The van der Waals surface area contributed by atoms with Gasteiger partial charge in [-0.05, 0) is 41.8 Å². The molecule has 6 heteroatoms. The van der Waals surface area contributed by atoms with Crippen molar-refractivity contribution in [3.63, 3.8) is 0 Å². The summed E-state index contributed by atoms with van der Waals surface area (Å²) >= 11 is 0. The van der Waals surface area contributed by atoms with E-state index in [1.54, 1.807) is 31.2 Å². The zero-order valence-corrected chi connectivity index (χ0v) is 11.0. The molecule has 2 aromatic rings. The highest BCUT2D eigenvalue weighted by molar-refractivity contribution is 5.76. The fourth-order valence-electron chi connectivity index (χ4n) is 1.95. The molecule has 0 bridgehead atoms. The summed E-state index contributed by atoms with van der Waals surface area (Å²) < 4.78 is 40.6. The molecule has 0 saturated carbocycles. The third-order valence-corrected chi connectivity index (χ3v) is 3.03. The molecule has 0 fully saturated rings. The van der Waals surface area contributed by atoms with E-state index in [4.69, 9.17) is 11.0 Å². The quantitative estimate of drug-likeness (QED) is 0.851. The summed E-state index contributed by atoms with van der Waals surface area (Å²) in [6.45, 7) is 1.62. The van der Waals surface area contributed by atoms with Gasteiger partial charge in [0.25, 0.3) is 0 Å². The molecular formula is C15H11F3N2O. The molecular weight excluding hydrogens is 281 g/mol. The number of rotatable bonds is 2. The van der Waals surface area contributed by atoms with Crippen LogP contribution in [0.3, 0.4) is 0 Å². The van der Waals surface area contributed by atoms with Gasteiger partial charge < -0.3 is 10.5 Å². The van der Waals surface area contributed by atoms with E-state index in [1.165, 1.54) is 12.1 Å².